The van der Waals surface area contributed by atoms with E-state index in [4.69, 9.17) is 4.74 Å². The predicted octanol–water partition coefficient (Wildman–Crippen LogP) is 3.37. The molecule has 1 aromatic heterocycles. The van der Waals surface area contributed by atoms with Gasteiger partial charge in [-0.3, -0.25) is 9.69 Å². The maximum atomic E-state index is 11.6. The summed E-state index contributed by atoms with van der Waals surface area (Å²) in [5.41, 5.74) is 0.974. The summed E-state index contributed by atoms with van der Waals surface area (Å²) in [6, 6.07) is 7.73. The van der Waals surface area contributed by atoms with Gasteiger partial charge in [0.15, 0.2) is 0 Å². The molecule has 0 unspecified atom stereocenters. The summed E-state index contributed by atoms with van der Waals surface area (Å²) in [7, 11) is 0. The minimum Gasteiger partial charge on any atom is -0.494 e. The van der Waals surface area contributed by atoms with E-state index >= 15 is 0 Å². The molecular weight excluding hydrogens is 286 g/mol. The topological polar surface area (TPSA) is 55.3 Å². The minimum absolute atomic E-state index is 0.00811. The number of hydrogen-bond acceptors (Lipinski definition) is 5. The molecule has 5 nitrogen and oxygen atoms in total. The largest absolute Gasteiger partial charge is 0.494 e. The summed E-state index contributed by atoms with van der Waals surface area (Å²) in [6.07, 6.45) is 0.886. The van der Waals surface area contributed by atoms with E-state index in [0.29, 0.717) is 18.3 Å². The molecule has 0 aliphatic heterocycles. The van der Waals surface area contributed by atoms with Gasteiger partial charge in [0, 0.05) is 19.0 Å². The number of hydrogen-bond donors (Lipinski definition) is 0. The van der Waals surface area contributed by atoms with Crippen LogP contribution in [0.2, 0.25) is 0 Å². The van der Waals surface area contributed by atoms with Gasteiger partial charge in [-0.15, -0.1) is 10.2 Å². The van der Waals surface area contributed by atoms with Crippen LogP contribution < -0.4 is 9.64 Å². The van der Waals surface area contributed by atoms with E-state index in [2.05, 4.69) is 10.2 Å². The molecule has 21 heavy (non-hydrogen) atoms. The van der Waals surface area contributed by atoms with Crippen molar-refractivity contribution in [3.63, 3.8) is 0 Å². The highest BCUT2D eigenvalue weighted by molar-refractivity contribution is 7.18. The summed E-state index contributed by atoms with van der Waals surface area (Å²) in [5, 5.41) is 9.76. The van der Waals surface area contributed by atoms with Gasteiger partial charge >= 0.3 is 0 Å². The van der Waals surface area contributed by atoms with E-state index in [-0.39, 0.29) is 5.91 Å². The van der Waals surface area contributed by atoms with Gasteiger partial charge in [-0.1, -0.05) is 18.3 Å². The number of benzene rings is 1. The van der Waals surface area contributed by atoms with Crippen molar-refractivity contribution in [2.75, 3.05) is 18.1 Å². The summed E-state index contributed by atoms with van der Waals surface area (Å²) in [4.78, 5) is 13.3. The van der Waals surface area contributed by atoms with Crippen molar-refractivity contribution in [3.8, 4) is 16.3 Å². The lowest BCUT2D eigenvalue weighted by Crippen LogP contribution is -2.28. The molecule has 1 heterocycles. The first kappa shape index (κ1) is 15.4. The maximum Gasteiger partial charge on any atom is 0.225 e. The van der Waals surface area contributed by atoms with Crippen molar-refractivity contribution >= 4 is 22.4 Å². The Kier molecular flexibility index (Phi) is 5.27. The fourth-order valence-electron chi connectivity index (χ4n) is 1.91. The van der Waals surface area contributed by atoms with E-state index in [1.165, 1.54) is 11.3 Å². The molecule has 0 saturated heterocycles. The van der Waals surface area contributed by atoms with Gasteiger partial charge < -0.3 is 4.74 Å². The zero-order chi connectivity index (χ0) is 15.2. The van der Waals surface area contributed by atoms with Crippen LogP contribution in [0.3, 0.4) is 0 Å². The highest BCUT2D eigenvalue weighted by Crippen LogP contribution is 2.30. The molecule has 0 aliphatic carbocycles. The SMILES string of the molecule is CCCN(C(C)=O)c1nnc(-c2ccc(OCC)cc2)s1. The van der Waals surface area contributed by atoms with Gasteiger partial charge in [0.05, 0.1) is 6.61 Å². The number of carbonyl (C=O) groups excluding carboxylic acids is 1. The lowest BCUT2D eigenvalue weighted by molar-refractivity contribution is -0.116. The van der Waals surface area contributed by atoms with E-state index in [9.17, 15) is 4.79 Å². The van der Waals surface area contributed by atoms with E-state index < -0.39 is 0 Å². The molecule has 0 spiro atoms. The quantitative estimate of drug-likeness (QED) is 0.821. The molecule has 112 valence electrons. The third-order valence-electron chi connectivity index (χ3n) is 2.88. The Morgan fingerprint density at radius 3 is 2.52 bits per heavy atom. The van der Waals surface area contributed by atoms with Gasteiger partial charge in [0.2, 0.25) is 11.0 Å². The first-order chi connectivity index (χ1) is 10.2. The fraction of sp³-hybridized carbons (Fsp3) is 0.400. The maximum absolute atomic E-state index is 11.6. The first-order valence-electron chi connectivity index (χ1n) is 7.00. The number of anilines is 1. The molecule has 6 heteroatoms. The third kappa shape index (κ3) is 3.78. The van der Waals surface area contributed by atoms with Crippen LogP contribution in [0.25, 0.3) is 10.6 Å². The van der Waals surface area contributed by atoms with Gasteiger partial charge in [-0.05, 0) is 37.6 Å². The Balaban J connectivity index is 2.20. The molecule has 1 aromatic carbocycles. The summed E-state index contributed by atoms with van der Waals surface area (Å²) >= 11 is 1.42. The average molecular weight is 305 g/mol. The second-order valence-corrected chi connectivity index (χ2v) is 5.47. The standard InChI is InChI=1S/C15H19N3O2S/c1-4-10-18(11(3)19)15-17-16-14(21-15)12-6-8-13(9-7-12)20-5-2/h6-9H,4-5,10H2,1-3H3. The molecule has 0 fully saturated rings. The molecule has 1 amide bonds. The second kappa shape index (κ2) is 7.17. The first-order valence-corrected chi connectivity index (χ1v) is 7.82. The van der Waals surface area contributed by atoms with E-state index in [1.54, 1.807) is 11.8 Å². The average Bonchev–Trinajstić information content (AvgIpc) is 2.95. The van der Waals surface area contributed by atoms with Gasteiger partial charge in [0.25, 0.3) is 0 Å². The molecule has 0 aliphatic rings. The van der Waals surface area contributed by atoms with Crippen LogP contribution in [0.15, 0.2) is 24.3 Å². The molecule has 2 rings (SSSR count). The summed E-state index contributed by atoms with van der Waals surface area (Å²) in [6.45, 7) is 6.84. The van der Waals surface area contributed by atoms with Crippen LogP contribution in [-0.4, -0.2) is 29.3 Å². The number of amides is 1. The van der Waals surface area contributed by atoms with Crippen molar-refractivity contribution in [1.82, 2.24) is 10.2 Å². The Hall–Kier alpha value is -1.95. The van der Waals surface area contributed by atoms with Gasteiger partial charge in [-0.25, -0.2) is 0 Å². The van der Waals surface area contributed by atoms with Crippen molar-refractivity contribution in [2.45, 2.75) is 27.2 Å². The smallest absolute Gasteiger partial charge is 0.225 e. The van der Waals surface area contributed by atoms with E-state index in [1.807, 2.05) is 38.1 Å². The summed E-state index contributed by atoms with van der Waals surface area (Å²) < 4.78 is 5.42. The third-order valence-corrected chi connectivity index (χ3v) is 3.88. The molecule has 2 aromatic rings. The molecule has 0 atom stereocenters. The number of nitrogens with zero attached hydrogens (tertiary/aromatic N) is 3. The van der Waals surface area contributed by atoms with Crippen molar-refractivity contribution < 1.29 is 9.53 Å². The molecule has 0 radical (unpaired) electrons. The van der Waals surface area contributed by atoms with Crippen LogP contribution in [-0.2, 0) is 4.79 Å². The highest BCUT2D eigenvalue weighted by atomic mass is 32.1. The lowest BCUT2D eigenvalue weighted by Gasteiger charge is -2.15. The zero-order valence-electron chi connectivity index (χ0n) is 12.5. The van der Waals surface area contributed by atoms with Crippen LogP contribution in [0.1, 0.15) is 27.2 Å². The molecule has 0 bridgehead atoms. The number of rotatable bonds is 6. The predicted molar refractivity (Wildman–Crippen MR) is 84.8 cm³/mol. The van der Waals surface area contributed by atoms with Crippen molar-refractivity contribution in [2.24, 2.45) is 0 Å². The highest BCUT2D eigenvalue weighted by Gasteiger charge is 2.16. The van der Waals surface area contributed by atoms with Gasteiger partial charge in [-0.2, -0.15) is 0 Å². The second-order valence-electron chi connectivity index (χ2n) is 4.52. The van der Waals surface area contributed by atoms with Crippen LogP contribution in [0.4, 0.5) is 5.13 Å². The Bertz CT molecular complexity index is 595. The Morgan fingerprint density at radius 2 is 1.95 bits per heavy atom. The zero-order valence-corrected chi connectivity index (χ0v) is 13.3. The Morgan fingerprint density at radius 1 is 1.24 bits per heavy atom. The summed E-state index contributed by atoms with van der Waals surface area (Å²) in [5.74, 6) is 0.827. The monoisotopic (exact) mass is 305 g/mol. The van der Waals surface area contributed by atoms with Crippen molar-refractivity contribution in [3.05, 3.63) is 24.3 Å². The lowest BCUT2D eigenvalue weighted by atomic mass is 10.2. The van der Waals surface area contributed by atoms with Crippen LogP contribution in [0.5, 0.6) is 5.75 Å². The fourth-order valence-corrected chi connectivity index (χ4v) is 2.83. The minimum atomic E-state index is -0.00811. The molecule has 0 saturated carbocycles. The number of ether oxygens (including phenoxy) is 1. The number of carbonyl (C=O) groups is 1. The Labute approximate surface area is 128 Å². The van der Waals surface area contributed by atoms with Crippen LogP contribution >= 0.6 is 11.3 Å². The normalized spacial score (nSPS) is 10.4. The van der Waals surface area contributed by atoms with Crippen molar-refractivity contribution in [1.29, 1.82) is 0 Å². The molecule has 0 N–H and O–H groups in total. The molecular formula is C15H19N3O2S. The van der Waals surface area contributed by atoms with Gasteiger partial charge in [0.1, 0.15) is 10.8 Å². The van der Waals surface area contributed by atoms with Crippen LogP contribution in [0, 0.1) is 0 Å². The number of aromatic nitrogens is 2. The van der Waals surface area contributed by atoms with E-state index in [0.717, 1.165) is 22.7 Å².